The van der Waals surface area contributed by atoms with Gasteiger partial charge in [0.2, 0.25) is 5.91 Å². The van der Waals surface area contributed by atoms with E-state index >= 15 is 0 Å². The highest BCUT2D eigenvalue weighted by Gasteiger charge is 2.33. The van der Waals surface area contributed by atoms with Gasteiger partial charge in [0.15, 0.2) is 0 Å². The van der Waals surface area contributed by atoms with Crippen LogP contribution in [-0.2, 0) is 10.5 Å². The number of hydrogen-bond acceptors (Lipinski definition) is 4. The molecule has 1 amide bonds. The number of thioether (sulfide) groups is 1. The number of nitrogens with two attached hydrogens (primary N) is 1. The first-order valence-electron chi connectivity index (χ1n) is 9.20. The number of nitrogens with zero attached hydrogens (tertiary/aromatic N) is 3. The van der Waals surface area contributed by atoms with Crippen LogP contribution in [0.25, 0.3) is 5.65 Å². The molecule has 3 aromatic rings. The smallest absolute Gasteiger partial charge is 0.232 e. The molecular formula is C21H26Cl2N4OS. The fourth-order valence-corrected chi connectivity index (χ4v) is 4.45. The van der Waals surface area contributed by atoms with Crippen molar-refractivity contribution >= 4 is 48.1 Å². The summed E-state index contributed by atoms with van der Waals surface area (Å²) in [6.07, 6.45) is 4.11. The zero-order valence-electron chi connectivity index (χ0n) is 16.2. The number of aryl methyl sites for hydroxylation is 1. The van der Waals surface area contributed by atoms with Gasteiger partial charge < -0.3 is 15.0 Å². The molecule has 1 fully saturated rings. The van der Waals surface area contributed by atoms with E-state index in [1.807, 2.05) is 39.8 Å². The average molecular weight is 453 g/mol. The lowest BCUT2D eigenvalue weighted by molar-refractivity contribution is -0.127. The third-order valence-corrected chi connectivity index (χ3v) is 6.02. The number of amides is 1. The number of imidazole rings is 1. The molecule has 1 aliphatic heterocycles. The molecule has 0 saturated carbocycles. The Bertz CT molecular complexity index is 950. The fourth-order valence-electron chi connectivity index (χ4n) is 3.64. The molecule has 2 N–H and O–H groups in total. The van der Waals surface area contributed by atoms with Gasteiger partial charge in [-0.3, -0.25) is 4.79 Å². The van der Waals surface area contributed by atoms with Crippen molar-refractivity contribution < 1.29 is 4.79 Å². The number of halogens is 2. The normalized spacial score (nSPS) is 18.3. The molecule has 1 aliphatic rings. The van der Waals surface area contributed by atoms with Crippen molar-refractivity contribution in [3.05, 3.63) is 71.7 Å². The Balaban J connectivity index is 0.00000150. The predicted molar refractivity (Wildman–Crippen MR) is 124 cm³/mol. The van der Waals surface area contributed by atoms with E-state index in [2.05, 4.69) is 36.3 Å². The maximum Gasteiger partial charge on any atom is 0.232 e. The number of pyridine rings is 1. The molecule has 3 heterocycles. The lowest BCUT2D eigenvalue weighted by Crippen LogP contribution is -2.33. The molecule has 1 aromatic carbocycles. The summed E-state index contributed by atoms with van der Waals surface area (Å²) >= 11 is 1.61. The van der Waals surface area contributed by atoms with Crippen molar-refractivity contribution in [1.29, 1.82) is 0 Å². The Hall–Kier alpha value is -1.73. The number of fused-ring (bicyclic) bond motifs is 1. The molecular weight excluding hydrogens is 427 g/mol. The van der Waals surface area contributed by atoms with Crippen LogP contribution < -0.4 is 5.73 Å². The lowest BCUT2D eigenvalue weighted by atomic mass is 9.95. The van der Waals surface area contributed by atoms with E-state index in [9.17, 15) is 4.79 Å². The summed E-state index contributed by atoms with van der Waals surface area (Å²) in [6, 6.07) is 14.3. The molecule has 8 heteroatoms. The second-order valence-electron chi connectivity index (χ2n) is 7.18. The summed E-state index contributed by atoms with van der Waals surface area (Å²) in [5.74, 6) is 1.57. The van der Waals surface area contributed by atoms with E-state index in [-0.39, 0.29) is 42.7 Å². The zero-order valence-corrected chi connectivity index (χ0v) is 18.7. The molecule has 0 spiro atoms. The highest BCUT2D eigenvalue weighted by molar-refractivity contribution is 7.99. The molecule has 1 saturated heterocycles. The quantitative estimate of drug-likeness (QED) is 0.641. The van der Waals surface area contributed by atoms with E-state index < -0.39 is 0 Å². The van der Waals surface area contributed by atoms with Crippen LogP contribution in [0.2, 0.25) is 0 Å². The van der Waals surface area contributed by atoms with Gasteiger partial charge in [-0.15, -0.1) is 36.6 Å². The number of hydrogen-bond donors (Lipinski definition) is 1. The molecule has 29 heavy (non-hydrogen) atoms. The minimum atomic E-state index is 0. The number of carbonyl (C=O) groups is 1. The number of rotatable bonds is 5. The van der Waals surface area contributed by atoms with Gasteiger partial charge >= 0.3 is 0 Å². The molecule has 5 nitrogen and oxygen atoms in total. The Morgan fingerprint density at radius 3 is 2.66 bits per heavy atom. The van der Waals surface area contributed by atoms with Crippen LogP contribution in [-0.4, -0.2) is 45.1 Å². The Labute approximate surface area is 187 Å². The first-order valence-corrected chi connectivity index (χ1v) is 10.4. The summed E-state index contributed by atoms with van der Waals surface area (Å²) in [5, 5.41) is 0. The van der Waals surface area contributed by atoms with E-state index in [1.165, 1.54) is 11.1 Å². The first-order chi connectivity index (χ1) is 13.1. The molecule has 2 aromatic heterocycles. The second kappa shape index (κ2) is 10.3. The van der Waals surface area contributed by atoms with Gasteiger partial charge in [0.25, 0.3) is 0 Å². The SMILES string of the molecule is Cc1ccc2nc(CSCC(=O)N3C[C@@H](N)[C@H](c4ccccc4)C3)cn2c1.Cl.Cl. The van der Waals surface area contributed by atoms with Crippen molar-refractivity contribution in [2.24, 2.45) is 5.73 Å². The van der Waals surface area contributed by atoms with Crippen LogP contribution in [0, 0.1) is 6.92 Å². The monoisotopic (exact) mass is 452 g/mol. The van der Waals surface area contributed by atoms with Crippen LogP contribution in [0.15, 0.2) is 54.9 Å². The molecule has 4 rings (SSSR count). The summed E-state index contributed by atoms with van der Waals surface area (Å²) in [6.45, 7) is 3.40. The van der Waals surface area contributed by atoms with E-state index in [4.69, 9.17) is 5.73 Å². The average Bonchev–Trinajstić information content (AvgIpc) is 3.25. The molecule has 0 radical (unpaired) electrons. The van der Waals surface area contributed by atoms with Crippen LogP contribution in [0.1, 0.15) is 22.7 Å². The van der Waals surface area contributed by atoms with Gasteiger partial charge in [-0.2, -0.15) is 0 Å². The zero-order chi connectivity index (χ0) is 18.8. The van der Waals surface area contributed by atoms with Gasteiger partial charge in [0.05, 0.1) is 11.4 Å². The van der Waals surface area contributed by atoms with Crippen molar-refractivity contribution in [2.45, 2.75) is 24.6 Å². The number of aromatic nitrogens is 2. The van der Waals surface area contributed by atoms with Crippen LogP contribution in [0.5, 0.6) is 0 Å². The maximum absolute atomic E-state index is 12.6. The van der Waals surface area contributed by atoms with E-state index in [1.54, 1.807) is 11.8 Å². The van der Waals surface area contributed by atoms with Crippen molar-refractivity contribution in [3.63, 3.8) is 0 Å². The summed E-state index contributed by atoms with van der Waals surface area (Å²) in [5.41, 5.74) is 10.7. The maximum atomic E-state index is 12.6. The summed E-state index contributed by atoms with van der Waals surface area (Å²) in [7, 11) is 0. The van der Waals surface area contributed by atoms with Crippen molar-refractivity contribution in [2.75, 3.05) is 18.8 Å². The topological polar surface area (TPSA) is 63.6 Å². The Kier molecular flexibility index (Phi) is 8.40. The fraction of sp³-hybridized carbons (Fsp3) is 0.333. The van der Waals surface area contributed by atoms with Crippen LogP contribution in [0.4, 0.5) is 0 Å². The second-order valence-corrected chi connectivity index (χ2v) is 8.16. The van der Waals surface area contributed by atoms with Gasteiger partial charge in [0, 0.05) is 43.2 Å². The third kappa shape index (κ3) is 5.45. The summed E-state index contributed by atoms with van der Waals surface area (Å²) in [4.78, 5) is 19.1. The van der Waals surface area contributed by atoms with E-state index in [0.717, 1.165) is 17.1 Å². The van der Waals surface area contributed by atoms with Gasteiger partial charge in [-0.1, -0.05) is 36.4 Å². The molecule has 156 valence electrons. The Morgan fingerprint density at radius 2 is 1.90 bits per heavy atom. The largest absolute Gasteiger partial charge is 0.340 e. The summed E-state index contributed by atoms with van der Waals surface area (Å²) < 4.78 is 2.04. The standard InChI is InChI=1S/C21H24N4OS.2ClH/c1-15-7-8-20-23-17(10-24(20)9-15)13-27-14-21(26)25-11-18(19(22)12-25)16-5-3-2-4-6-16;;/h2-10,18-19H,11-14,22H2,1H3;2*1H/t18-,19+;;/m0../s1. The van der Waals surface area contributed by atoms with Gasteiger partial charge in [-0.05, 0) is 24.1 Å². The highest BCUT2D eigenvalue weighted by atomic mass is 35.5. The molecule has 0 unspecified atom stereocenters. The van der Waals surface area contributed by atoms with Crippen molar-refractivity contribution in [3.8, 4) is 0 Å². The van der Waals surface area contributed by atoms with Crippen LogP contribution in [0.3, 0.4) is 0 Å². The molecule has 2 atom stereocenters. The van der Waals surface area contributed by atoms with Crippen molar-refractivity contribution in [1.82, 2.24) is 14.3 Å². The minimum Gasteiger partial charge on any atom is -0.340 e. The molecule has 0 aliphatic carbocycles. The van der Waals surface area contributed by atoms with Gasteiger partial charge in [0.1, 0.15) is 5.65 Å². The van der Waals surface area contributed by atoms with E-state index in [0.29, 0.717) is 18.8 Å². The number of likely N-dealkylation sites (tertiary alicyclic amines) is 1. The van der Waals surface area contributed by atoms with Gasteiger partial charge in [-0.25, -0.2) is 4.98 Å². The lowest BCUT2D eigenvalue weighted by Gasteiger charge is -2.16. The minimum absolute atomic E-state index is 0. The Morgan fingerprint density at radius 1 is 1.14 bits per heavy atom. The number of benzene rings is 1. The molecule has 0 bridgehead atoms. The highest BCUT2D eigenvalue weighted by Crippen LogP contribution is 2.27. The first kappa shape index (κ1) is 23.5. The number of carbonyl (C=O) groups excluding carboxylic acids is 1. The van der Waals surface area contributed by atoms with Crippen LogP contribution >= 0.6 is 36.6 Å². The predicted octanol–water partition coefficient (Wildman–Crippen LogP) is 3.67. The third-order valence-electron chi connectivity index (χ3n) is 5.07.